The van der Waals surface area contributed by atoms with E-state index in [4.69, 9.17) is 9.84 Å². The summed E-state index contributed by atoms with van der Waals surface area (Å²) in [5.41, 5.74) is -0.0430. The van der Waals surface area contributed by atoms with Crippen LogP contribution in [0.1, 0.15) is 43.0 Å². The Morgan fingerprint density at radius 3 is 2.38 bits per heavy atom. The van der Waals surface area contributed by atoms with Gasteiger partial charge >= 0.3 is 5.97 Å². The van der Waals surface area contributed by atoms with Crippen molar-refractivity contribution < 1.29 is 23.1 Å². The smallest absolute Gasteiger partial charge is 0.335 e. The van der Waals surface area contributed by atoms with Gasteiger partial charge in [0.1, 0.15) is 10.6 Å². The quantitative estimate of drug-likeness (QED) is 0.924. The van der Waals surface area contributed by atoms with Gasteiger partial charge in [-0.05, 0) is 49.8 Å². The number of methoxy groups -OCH3 is 1. The fraction of sp³-hybridized carbons (Fsp3) is 0.533. The fourth-order valence-corrected chi connectivity index (χ4v) is 4.73. The molecule has 1 aliphatic rings. The lowest BCUT2D eigenvalue weighted by Gasteiger charge is -2.26. The van der Waals surface area contributed by atoms with Crippen molar-refractivity contribution in [1.29, 1.82) is 0 Å². The van der Waals surface area contributed by atoms with Crippen LogP contribution in [0.4, 0.5) is 0 Å². The Bertz CT molecular complexity index is 627. The summed E-state index contributed by atoms with van der Waals surface area (Å²) in [5, 5.41) is 8.60. The van der Waals surface area contributed by atoms with Gasteiger partial charge in [-0.2, -0.15) is 0 Å². The van der Waals surface area contributed by atoms with Crippen molar-refractivity contribution in [2.24, 2.45) is 5.92 Å². The minimum absolute atomic E-state index is 0.00977. The van der Waals surface area contributed by atoms with E-state index in [1.807, 2.05) is 0 Å². The molecule has 0 aliphatic heterocycles. The molecular formula is C15H20O5S. The summed E-state index contributed by atoms with van der Waals surface area (Å²) in [7, 11) is -2.19. The van der Waals surface area contributed by atoms with Crippen molar-refractivity contribution in [2.75, 3.05) is 7.11 Å². The average Bonchev–Trinajstić information content (AvgIpc) is 2.46. The van der Waals surface area contributed by atoms with Crippen molar-refractivity contribution >= 4 is 15.8 Å². The maximum absolute atomic E-state index is 12.8. The van der Waals surface area contributed by atoms with Crippen molar-refractivity contribution in [3.05, 3.63) is 23.8 Å². The first-order valence-corrected chi connectivity index (χ1v) is 8.56. The SMILES string of the molecule is COc1ccc(C(=O)O)cc1S(=O)(=O)C1CCC(C)CC1. The molecule has 0 unspecified atom stereocenters. The van der Waals surface area contributed by atoms with Gasteiger partial charge in [0, 0.05) is 0 Å². The Balaban J connectivity index is 2.43. The monoisotopic (exact) mass is 312 g/mol. The molecule has 0 atom stereocenters. The Kier molecular flexibility index (Phi) is 4.56. The van der Waals surface area contributed by atoms with E-state index >= 15 is 0 Å². The van der Waals surface area contributed by atoms with E-state index in [1.165, 1.54) is 25.3 Å². The minimum Gasteiger partial charge on any atom is -0.495 e. The number of carbonyl (C=O) groups is 1. The number of rotatable bonds is 4. The van der Waals surface area contributed by atoms with Crippen LogP contribution in [0.3, 0.4) is 0 Å². The van der Waals surface area contributed by atoms with Crippen LogP contribution in [0.25, 0.3) is 0 Å². The van der Waals surface area contributed by atoms with Gasteiger partial charge in [-0.1, -0.05) is 6.92 Å². The number of hydrogen-bond donors (Lipinski definition) is 1. The average molecular weight is 312 g/mol. The molecule has 6 heteroatoms. The van der Waals surface area contributed by atoms with E-state index < -0.39 is 21.1 Å². The van der Waals surface area contributed by atoms with Crippen LogP contribution in [-0.2, 0) is 9.84 Å². The molecule has 0 radical (unpaired) electrons. The van der Waals surface area contributed by atoms with Gasteiger partial charge in [-0.25, -0.2) is 13.2 Å². The number of carboxylic acid groups (broad SMARTS) is 1. The highest BCUT2D eigenvalue weighted by atomic mass is 32.2. The molecule has 0 aromatic heterocycles. The first-order chi connectivity index (χ1) is 9.86. The number of sulfone groups is 1. The van der Waals surface area contributed by atoms with Crippen LogP contribution in [0.15, 0.2) is 23.1 Å². The third kappa shape index (κ3) is 3.20. The molecule has 0 bridgehead atoms. The summed E-state index contributed by atoms with van der Waals surface area (Å²) in [6, 6.07) is 3.96. The lowest BCUT2D eigenvalue weighted by atomic mass is 9.91. The largest absolute Gasteiger partial charge is 0.495 e. The Morgan fingerprint density at radius 2 is 1.86 bits per heavy atom. The van der Waals surface area contributed by atoms with E-state index in [2.05, 4.69) is 6.92 Å². The molecule has 0 saturated heterocycles. The van der Waals surface area contributed by atoms with Gasteiger partial charge in [0.05, 0.1) is 17.9 Å². The topological polar surface area (TPSA) is 80.7 Å². The normalized spacial score (nSPS) is 22.8. The van der Waals surface area contributed by atoms with E-state index in [-0.39, 0.29) is 16.2 Å². The molecular weight excluding hydrogens is 292 g/mol. The van der Waals surface area contributed by atoms with Crippen molar-refractivity contribution in [2.45, 2.75) is 42.8 Å². The highest BCUT2D eigenvalue weighted by Crippen LogP contribution is 2.35. The van der Waals surface area contributed by atoms with Gasteiger partial charge in [0.25, 0.3) is 0 Å². The van der Waals surface area contributed by atoms with Crippen LogP contribution in [-0.4, -0.2) is 31.9 Å². The number of ether oxygens (including phenoxy) is 1. The molecule has 1 aliphatic carbocycles. The predicted molar refractivity (Wildman–Crippen MR) is 78.6 cm³/mol. The molecule has 5 nitrogen and oxygen atoms in total. The van der Waals surface area contributed by atoms with Gasteiger partial charge in [0.15, 0.2) is 9.84 Å². The maximum Gasteiger partial charge on any atom is 0.335 e. The molecule has 21 heavy (non-hydrogen) atoms. The third-order valence-corrected chi connectivity index (χ3v) is 6.40. The fourth-order valence-electron chi connectivity index (χ4n) is 2.75. The summed E-state index contributed by atoms with van der Waals surface area (Å²) >= 11 is 0. The van der Waals surface area contributed by atoms with Crippen molar-refractivity contribution in [3.63, 3.8) is 0 Å². The Labute approximate surface area is 124 Å². The first-order valence-electron chi connectivity index (χ1n) is 7.01. The summed E-state index contributed by atoms with van der Waals surface area (Å²) in [4.78, 5) is 11.1. The molecule has 0 heterocycles. The van der Waals surface area contributed by atoms with Crippen molar-refractivity contribution in [1.82, 2.24) is 0 Å². The molecule has 0 amide bonds. The van der Waals surface area contributed by atoms with E-state index in [0.29, 0.717) is 18.8 Å². The summed E-state index contributed by atoms with van der Waals surface area (Å²) in [5.74, 6) is -0.395. The molecule has 1 aromatic rings. The Morgan fingerprint density at radius 1 is 1.24 bits per heavy atom. The number of aromatic carboxylic acids is 1. The van der Waals surface area contributed by atoms with Crippen LogP contribution in [0.2, 0.25) is 0 Å². The molecule has 1 fully saturated rings. The highest BCUT2D eigenvalue weighted by Gasteiger charge is 2.33. The van der Waals surface area contributed by atoms with Crippen LogP contribution in [0, 0.1) is 5.92 Å². The zero-order chi connectivity index (χ0) is 15.6. The van der Waals surface area contributed by atoms with Crippen LogP contribution < -0.4 is 4.74 Å². The molecule has 116 valence electrons. The molecule has 1 N–H and O–H groups in total. The molecule has 1 saturated carbocycles. The third-order valence-electron chi connectivity index (χ3n) is 4.12. The second-order valence-electron chi connectivity index (χ2n) is 5.60. The second-order valence-corrected chi connectivity index (χ2v) is 7.79. The zero-order valence-electron chi connectivity index (χ0n) is 12.2. The lowest BCUT2D eigenvalue weighted by Crippen LogP contribution is -2.27. The number of hydrogen-bond acceptors (Lipinski definition) is 4. The maximum atomic E-state index is 12.8. The van der Waals surface area contributed by atoms with Crippen molar-refractivity contribution in [3.8, 4) is 5.75 Å². The van der Waals surface area contributed by atoms with Gasteiger partial charge < -0.3 is 9.84 Å². The number of carboxylic acids is 1. The Hall–Kier alpha value is -1.56. The summed E-state index contributed by atoms with van der Waals surface area (Å²) < 4.78 is 30.7. The zero-order valence-corrected chi connectivity index (χ0v) is 13.0. The molecule has 0 spiro atoms. The summed E-state index contributed by atoms with van der Waals surface area (Å²) in [6.07, 6.45) is 2.99. The summed E-state index contributed by atoms with van der Waals surface area (Å²) in [6.45, 7) is 2.12. The minimum atomic E-state index is -3.57. The van der Waals surface area contributed by atoms with Gasteiger partial charge in [-0.15, -0.1) is 0 Å². The van der Waals surface area contributed by atoms with Gasteiger partial charge in [0.2, 0.25) is 0 Å². The lowest BCUT2D eigenvalue weighted by molar-refractivity contribution is 0.0696. The van der Waals surface area contributed by atoms with Gasteiger partial charge in [-0.3, -0.25) is 0 Å². The first kappa shape index (κ1) is 15.8. The molecule has 2 rings (SSSR count). The van der Waals surface area contributed by atoms with E-state index in [9.17, 15) is 13.2 Å². The standard InChI is InChI=1S/C15H20O5S/c1-10-3-6-12(7-4-10)21(18,19)14-9-11(15(16)17)5-8-13(14)20-2/h5,8-10,12H,3-4,6-7H2,1-2H3,(H,16,17). The predicted octanol–water partition coefficient (Wildman–Crippen LogP) is 2.75. The van der Waals surface area contributed by atoms with E-state index in [0.717, 1.165) is 12.8 Å². The van der Waals surface area contributed by atoms with Crippen LogP contribution in [0.5, 0.6) is 5.75 Å². The number of benzene rings is 1. The molecule has 1 aromatic carbocycles. The van der Waals surface area contributed by atoms with E-state index in [1.54, 1.807) is 0 Å². The highest BCUT2D eigenvalue weighted by molar-refractivity contribution is 7.92. The second kappa shape index (κ2) is 6.05. The van der Waals surface area contributed by atoms with Crippen LogP contribution >= 0.6 is 0 Å².